The number of nitrogens with two attached hydrogens (primary N) is 1. The minimum atomic E-state index is -0.946. The van der Waals surface area contributed by atoms with E-state index >= 15 is 0 Å². The van der Waals surface area contributed by atoms with Crippen molar-refractivity contribution < 1.29 is 14.6 Å². The van der Waals surface area contributed by atoms with Gasteiger partial charge in [-0.3, -0.25) is 0 Å². The molecule has 14 heavy (non-hydrogen) atoms. The van der Waals surface area contributed by atoms with Gasteiger partial charge in [-0.2, -0.15) is 0 Å². The summed E-state index contributed by atoms with van der Waals surface area (Å²) in [5.41, 5.74) is 7.30. The van der Waals surface area contributed by atoms with Crippen molar-refractivity contribution in [1.82, 2.24) is 0 Å². The lowest BCUT2D eigenvalue weighted by atomic mass is 9.95. The minimum absolute atomic E-state index is 0.243. The highest BCUT2D eigenvalue weighted by Crippen LogP contribution is 2.26. The van der Waals surface area contributed by atoms with E-state index in [1.807, 2.05) is 0 Å². The Hall–Kier alpha value is -1.55. The Morgan fingerprint density at radius 3 is 2.64 bits per heavy atom. The summed E-state index contributed by atoms with van der Waals surface area (Å²) in [4.78, 5) is 10.7. The topological polar surface area (TPSA) is 72.6 Å². The van der Waals surface area contributed by atoms with Crippen LogP contribution in [-0.2, 0) is 4.74 Å². The quantitative estimate of drug-likeness (QED) is 0.689. The molecule has 1 fully saturated rings. The molecule has 1 aromatic carbocycles. The molecule has 0 saturated carbocycles. The first-order chi connectivity index (χ1) is 6.66. The highest BCUT2D eigenvalue weighted by molar-refractivity contribution is 5.89. The molecule has 0 aromatic heterocycles. The summed E-state index contributed by atoms with van der Waals surface area (Å²) in [7, 11) is 0. The normalized spacial score (nSPS) is 16.3. The van der Waals surface area contributed by atoms with Gasteiger partial charge in [0.05, 0.1) is 18.8 Å². The van der Waals surface area contributed by atoms with Gasteiger partial charge in [-0.05, 0) is 23.8 Å². The zero-order chi connectivity index (χ0) is 10.1. The number of carbonyl (C=O) groups is 1. The summed E-state index contributed by atoms with van der Waals surface area (Å²) in [5.74, 6) is -0.643. The summed E-state index contributed by atoms with van der Waals surface area (Å²) in [5, 5.41) is 8.82. The third kappa shape index (κ3) is 1.56. The Morgan fingerprint density at radius 1 is 1.43 bits per heavy atom. The molecule has 3 N–H and O–H groups in total. The van der Waals surface area contributed by atoms with Gasteiger partial charge in [-0.25, -0.2) is 4.79 Å². The van der Waals surface area contributed by atoms with Crippen molar-refractivity contribution >= 4 is 11.7 Å². The van der Waals surface area contributed by atoms with Gasteiger partial charge in [0.15, 0.2) is 0 Å². The Balaban J connectivity index is 2.35. The lowest BCUT2D eigenvalue weighted by Crippen LogP contribution is -2.25. The van der Waals surface area contributed by atoms with E-state index in [4.69, 9.17) is 15.6 Å². The molecule has 74 valence electrons. The van der Waals surface area contributed by atoms with Gasteiger partial charge in [0.2, 0.25) is 0 Å². The van der Waals surface area contributed by atoms with Crippen molar-refractivity contribution in [2.45, 2.75) is 5.92 Å². The fourth-order valence-electron chi connectivity index (χ4n) is 1.46. The van der Waals surface area contributed by atoms with Gasteiger partial charge in [0, 0.05) is 11.6 Å². The Labute approximate surface area is 81.3 Å². The van der Waals surface area contributed by atoms with Crippen LogP contribution in [-0.4, -0.2) is 24.3 Å². The molecule has 2 rings (SSSR count). The lowest BCUT2D eigenvalue weighted by molar-refractivity contribution is 0.00839. The second-order valence-corrected chi connectivity index (χ2v) is 3.43. The Kier molecular flexibility index (Phi) is 2.13. The number of rotatable bonds is 2. The monoisotopic (exact) mass is 193 g/mol. The number of aromatic carboxylic acids is 1. The SMILES string of the molecule is Nc1cc(C(=O)O)cc(C2COC2)c1. The molecule has 1 aliphatic heterocycles. The van der Waals surface area contributed by atoms with Gasteiger partial charge in [-0.1, -0.05) is 0 Å². The van der Waals surface area contributed by atoms with Crippen molar-refractivity contribution in [3.63, 3.8) is 0 Å². The molecule has 4 heteroatoms. The first-order valence-corrected chi connectivity index (χ1v) is 4.38. The smallest absolute Gasteiger partial charge is 0.335 e. The first-order valence-electron chi connectivity index (χ1n) is 4.38. The summed E-state index contributed by atoms with van der Waals surface area (Å²) >= 11 is 0. The van der Waals surface area contributed by atoms with Crippen LogP contribution < -0.4 is 5.73 Å². The average Bonchev–Trinajstić information content (AvgIpc) is 1.99. The first kappa shape index (κ1) is 9.02. The molecule has 0 amide bonds. The maximum Gasteiger partial charge on any atom is 0.335 e. The molecular formula is C10H11NO3. The molecular weight excluding hydrogens is 182 g/mol. The van der Waals surface area contributed by atoms with Crippen LogP contribution in [0, 0.1) is 0 Å². The van der Waals surface area contributed by atoms with Crippen molar-refractivity contribution in [3.8, 4) is 0 Å². The molecule has 0 spiro atoms. The average molecular weight is 193 g/mol. The van der Waals surface area contributed by atoms with Crippen LogP contribution in [0.5, 0.6) is 0 Å². The second-order valence-electron chi connectivity index (χ2n) is 3.43. The van der Waals surface area contributed by atoms with Gasteiger partial charge in [0.1, 0.15) is 0 Å². The number of hydrogen-bond donors (Lipinski definition) is 2. The number of benzene rings is 1. The fourth-order valence-corrected chi connectivity index (χ4v) is 1.46. The van der Waals surface area contributed by atoms with E-state index in [2.05, 4.69) is 0 Å². The zero-order valence-corrected chi connectivity index (χ0v) is 7.56. The van der Waals surface area contributed by atoms with Crippen molar-refractivity contribution in [2.24, 2.45) is 0 Å². The van der Waals surface area contributed by atoms with Crippen LogP contribution in [0.15, 0.2) is 18.2 Å². The van der Waals surface area contributed by atoms with Gasteiger partial charge in [0.25, 0.3) is 0 Å². The third-order valence-corrected chi connectivity index (χ3v) is 2.33. The van der Waals surface area contributed by atoms with Crippen LogP contribution in [0.4, 0.5) is 5.69 Å². The number of nitrogen functional groups attached to an aromatic ring is 1. The molecule has 1 aliphatic rings. The van der Waals surface area contributed by atoms with Gasteiger partial charge >= 0.3 is 5.97 Å². The molecule has 0 bridgehead atoms. The highest BCUT2D eigenvalue weighted by atomic mass is 16.5. The summed E-state index contributed by atoms with van der Waals surface area (Å²) in [6.07, 6.45) is 0. The Morgan fingerprint density at radius 2 is 2.14 bits per heavy atom. The summed E-state index contributed by atoms with van der Waals surface area (Å²) < 4.78 is 5.04. The van der Waals surface area contributed by atoms with E-state index in [1.165, 1.54) is 6.07 Å². The largest absolute Gasteiger partial charge is 0.478 e. The number of hydrogen-bond acceptors (Lipinski definition) is 3. The van der Waals surface area contributed by atoms with Crippen LogP contribution in [0.2, 0.25) is 0 Å². The molecule has 0 atom stereocenters. The van der Waals surface area contributed by atoms with E-state index in [1.54, 1.807) is 12.1 Å². The minimum Gasteiger partial charge on any atom is -0.478 e. The predicted octanol–water partition coefficient (Wildman–Crippen LogP) is 1.08. The molecule has 4 nitrogen and oxygen atoms in total. The maximum absolute atomic E-state index is 10.7. The van der Waals surface area contributed by atoms with E-state index < -0.39 is 5.97 Å². The third-order valence-electron chi connectivity index (χ3n) is 2.33. The number of anilines is 1. The zero-order valence-electron chi connectivity index (χ0n) is 7.56. The number of carboxylic acid groups (broad SMARTS) is 1. The molecule has 1 saturated heterocycles. The predicted molar refractivity (Wildman–Crippen MR) is 51.4 cm³/mol. The van der Waals surface area contributed by atoms with Crippen molar-refractivity contribution in [1.29, 1.82) is 0 Å². The molecule has 0 radical (unpaired) electrons. The number of ether oxygens (including phenoxy) is 1. The van der Waals surface area contributed by atoms with Crippen LogP contribution >= 0.6 is 0 Å². The summed E-state index contributed by atoms with van der Waals surface area (Å²) in [6, 6.07) is 4.93. The van der Waals surface area contributed by atoms with Crippen LogP contribution in [0.1, 0.15) is 21.8 Å². The van der Waals surface area contributed by atoms with E-state index in [0.29, 0.717) is 24.8 Å². The van der Waals surface area contributed by atoms with E-state index in [-0.39, 0.29) is 5.56 Å². The number of carboxylic acids is 1. The molecule has 0 aliphatic carbocycles. The standard InChI is InChI=1S/C10H11NO3/c11-9-2-6(8-4-14-5-8)1-7(3-9)10(12)13/h1-3,8H,4-5,11H2,(H,12,13). The molecule has 1 heterocycles. The molecule has 1 aromatic rings. The fraction of sp³-hybridized carbons (Fsp3) is 0.300. The molecule has 0 unspecified atom stereocenters. The van der Waals surface area contributed by atoms with Crippen molar-refractivity contribution in [3.05, 3.63) is 29.3 Å². The van der Waals surface area contributed by atoms with E-state index in [0.717, 1.165) is 5.56 Å². The van der Waals surface area contributed by atoms with Crippen LogP contribution in [0.25, 0.3) is 0 Å². The second kappa shape index (κ2) is 3.31. The Bertz CT molecular complexity index is 372. The van der Waals surface area contributed by atoms with Gasteiger partial charge in [-0.15, -0.1) is 0 Å². The van der Waals surface area contributed by atoms with Gasteiger partial charge < -0.3 is 15.6 Å². The maximum atomic E-state index is 10.7. The van der Waals surface area contributed by atoms with E-state index in [9.17, 15) is 4.79 Å². The highest BCUT2D eigenvalue weighted by Gasteiger charge is 2.21. The lowest BCUT2D eigenvalue weighted by Gasteiger charge is -2.26. The van der Waals surface area contributed by atoms with Crippen LogP contribution in [0.3, 0.4) is 0 Å². The summed E-state index contributed by atoms with van der Waals surface area (Å²) in [6.45, 7) is 1.31. The van der Waals surface area contributed by atoms with Crippen molar-refractivity contribution in [2.75, 3.05) is 18.9 Å².